The number of hydrogen-bond acceptors (Lipinski definition) is 3. The monoisotopic (exact) mass is 280 g/mol. The summed E-state index contributed by atoms with van der Waals surface area (Å²) in [6, 6.07) is 5.03. The molecular formula is C12H6Cl2N2O2. The van der Waals surface area contributed by atoms with Crippen molar-refractivity contribution in [1.29, 1.82) is 0 Å². The van der Waals surface area contributed by atoms with Crippen LogP contribution in [0, 0.1) is 0 Å². The van der Waals surface area contributed by atoms with Crippen molar-refractivity contribution in [3.8, 4) is 11.5 Å². The first-order valence-electron chi connectivity index (χ1n) is 5.07. The lowest BCUT2D eigenvalue weighted by atomic mass is 10.3. The largest absolute Gasteiger partial charge is 0.463 e. The summed E-state index contributed by atoms with van der Waals surface area (Å²) in [5.74, 6) is 0.507. The van der Waals surface area contributed by atoms with Gasteiger partial charge in [-0.05, 0) is 18.2 Å². The van der Waals surface area contributed by atoms with Crippen molar-refractivity contribution in [3.63, 3.8) is 0 Å². The number of hydrogen-bond donors (Lipinski definition) is 0. The van der Waals surface area contributed by atoms with E-state index in [1.54, 1.807) is 28.8 Å². The fourth-order valence-electron chi connectivity index (χ4n) is 1.80. The topological polar surface area (TPSA) is 47.5 Å². The number of carbonyl (C=O) groups is 1. The number of nitrogens with zero attached hydrogens (tertiary/aromatic N) is 2. The minimum Gasteiger partial charge on any atom is -0.463 e. The molecular weight excluding hydrogens is 275 g/mol. The van der Waals surface area contributed by atoms with E-state index in [0.29, 0.717) is 39.1 Å². The Balaban J connectivity index is 2.41. The molecule has 18 heavy (non-hydrogen) atoms. The molecule has 0 spiro atoms. The molecule has 0 N–H and O–H groups in total. The van der Waals surface area contributed by atoms with Crippen LogP contribution < -0.4 is 0 Å². The van der Waals surface area contributed by atoms with E-state index in [9.17, 15) is 4.79 Å². The lowest BCUT2D eigenvalue weighted by molar-refractivity contribution is 0.111. The number of aromatic nitrogens is 2. The maximum absolute atomic E-state index is 11.2. The molecule has 0 unspecified atom stereocenters. The highest BCUT2D eigenvalue weighted by molar-refractivity contribution is 6.36. The van der Waals surface area contributed by atoms with E-state index < -0.39 is 0 Å². The first-order valence-corrected chi connectivity index (χ1v) is 5.82. The van der Waals surface area contributed by atoms with Crippen molar-refractivity contribution in [2.45, 2.75) is 0 Å². The third kappa shape index (κ3) is 1.62. The van der Waals surface area contributed by atoms with Gasteiger partial charge in [-0.3, -0.25) is 9.20 Å². The van der Waals surface area contributed by atoms with Gasteiger partial charge in [-0.15, -0.1) is 0 Å². The van der Waals surface area contributed by atoms with Gasteiger partial charge >= 0.3 is 0 Å². The molecule has 0 bridgehead atoms. The van der Waals surface area contributed by atoms with E-state index in [1.807, 2.05) is 0 Å². The second-order valence-electron chi connectivity index (χ2n) is 3.64. The molecule has 6 heteroatoms. The van der Waals surface area contributed by atoms with Gasteiger partial charge in [0.2, 0.25) is 0 Å². The van der Waals surface area contributed by atoms with Crippen LogP contribution >= 0.6 is 23.2 Å². The van der Waals surface area contributed by atoms with Gasteiger partial charge in [0.1, 0.15) is 11.4 Å². The number of halogens is 2. The van der Waals surface area contributed by atoms with E-state index in [0.717, 1.165) is 0 Å². The Morgan fingerprint density at radius 3 is 2.89 bits per heavy atom. The number of rotatable bonds is 2. The van der Waals surface area contributed by atoms with Gasteiger partial charge in [-0.1, -0.05) is 23.2 Å². The second-order valence-corrected chi connectivity index (χ2v) is 4.48. The van der Waals surface area contributed by atoms with Crippen molar-refractivity contribution in [2.24, 2.45) is 0 Å². The molecule has 0 aliphatic rings. The van der Waals surface area contributed by atoms with Gasteiger partial charge in [-0.2, -0.15) is 0 Å². The van der Waals surface area contributed by atoms with E-state index in [1.165, 1.54) is 6.26 Å². The molecule has 3 aromatic rings. The third-order valence-corrected chi connectivity index (χ3v) is 3.03. The number of pyridine rings is 1. The molecule has 90 valence electrons. The molecule has 0 radical (unpaired) electrons. The molecule has 3 aromatic heterocycles. The standard InChI is InChI=1S/C12H6Cl2N2O2/c13-7-4-8(14)12-15-11(10-2-1-3-18-10)9(6-17)16(12)5-7/h1-6H. The zero-order valence-electron chi connectivity index (χ0n) is 8.93. The van der Waals surface area contributed by atoms with Gasteiger partial charge in [0.15, 0.2) is 17.7 Å². The Bertz CT molecular complexity index is 732. The fourth-order valence-corrected chi connectivity index (χ4v) is 2.31. The summed E-state index contributed by atoms with van der Waals surface area (Å²) in [5, 5.41) is 0.808. The molecule has 0 saturated heterocycles. The average Bonchev–Trinajstić information content (AvgIpc) is 2.93. The molecule has 4 nitrogen and oxygen atoms in total. The minimum atomic E-state index is 0.351. The molecule has 0 aliphatic heterocycles. The number of aldehydes is 1. The van der Waals surface area contributed by atoms with Crippen LogP contribution in [0.5, 0.6) is 0 Å². The SMILES string of the molecule is O=Cc1c(-c2ccco2)nc2c(Cl)cc(Cl)cn12. The zero-order valence-corrected chi connectivity index (χ0v) is 10.4. The van der Waals surface area contributed by atoms with Crippen molar-refractivity contribution < 1.29 is 9.21 Å². The smallest absolute Gasteiger partial charge is 0.169 e. The Labute approximate surface area is 112 Å². The predicted octanol–water partition coefficient (Wildman–Crippen LogP) is 3.71. The quantitative estimate of drug-likeness (QED) is 0.673. The van der Waals surface area contributed by atoms with Crippen LogP contribution in [0.2, 0.25) is 10.0 Å². The highest BCUT2D eigenvalue weighted by atomic mass is 35.5. The third-order valence-electron chi connectivity index (χ3n) is 2.54. The highest BCUT2D eigenvalue weighted by Crippen LogP contribution is 2.28. The summed E-state index contributed by atoms with van der Waals surface area (Å²) in [5.41, 5.74) is 1.26. The second kappa shape index (κ2) is 4.15. The minimum absolute atomic E-state index is 0.351. The Morgan fingerprint density at radius 1 is 1.39 bits per heavy atom. The Morgan fingerprint density at radius 2 is 2.22 bits per heavy atom. The van der Waals surface area contributed by atoms with E-state index in [2.05, 4.69) is 4.98 Å². The molecule has 3 rings (SSSR count). The molecule has 3 heterocycles. The highest BCUT2D eigenvalue weighted by Gasteiger charge is 2.17. The number of furan rings is 1. The van der Waals surface area contributed by atoms with E-state index in [4.69, 9.17) is 27.6 Å². The number of carbonyl (C=O) groups excluding carboxylic acids is 1. The maximum Gasteiger partial charge on any atom is 0.169 e. The summed E-state index contributed by atoms with van der Waals surface area (Å²) >= 11 is 12.0. The maximum atomic E-state index is 11.2. The van der Waals surface area contributed by atoms with Gasteiger partial charge < -0.3 is 4.42 Å². The van der Waals surface area contributed by atoms with Crippen LogP contribution in [0.25, 0.3) is 17.1 Å². The molecule has 0 aromatic carbocycles. The first-order chi connectivity index (χ1) is 8.70. The predicted molar refractivity (Wildman–Crippen MR) is 68.3 cm³/mol. The summed E-state index contributed by atoms with van der Waals surface area (Å²) in [6.45, 7) is 0. The van der Waals surface area contributed by atoms with Gasteiger partial charge in [0.05, 0.1) is 16.3 Å². The molecule has 0 fully saturated rings. The lowest BCUT2D eigenvalue weighted by Crippen LogP contribution is -1.92. The van der Waals surface area contributed by atoms with E-state index >= 15 is 0 Å². The Hall–Kier alpha value is -1.78. The van der Waals surface area contributed by atoms with Crippen LogP contribution in [0.3, 0.4) is 0 Å². The zero-order chi connectivity index (χ0) is 12.7. The van der Waals surface area contributed by atoms with Gasteiger partial charge in [0, 0.05) is 6.20 Å². The van der Waals surface area contributed by atoms with Crippen LogP contribution in [0.1, 0.15) is 10.5 Å². The fraction of sp³-hybridized carbons (Fsp3) is 0. The van der Waals surface area contributed by atoms with Crippen LogP contribution in [-0.2, 0) is 0 Å². The molecule has 0 atom stereocenters. The van der Waals surface area contributed by atoms with E-state index in [-0.39, 0.29) is 0 Å². The normalized spacial score (nSPS) is 11.0. The van der Waals surface area contributed by atoms with Crippen molar-refractivity contribution in [1.82, 2.24) is 9.38 Å². The number of fused-ring (bicyclic) bond motifs is 1. The van der Waals surface area contributed by atoms with Crippen LogP contribution in [0.4, 0.5) is 0 Å². The van der Waals surface area contributed by atoms with Gasteiger partial charge in [0.25, 0.3) is 0 Å². The van der Waals surface area contributed by atoms with Crippen molar-refractivity contribution in [3.05, 3.63) is 46.4 Å². The summed E-state index contributed by atoms with van der Waals surface area (Å²) in [4.78, 5) is 15.5. The first kappa shape index (κ1) is 11.3. The summed E-state index contributed by atoms with van der Waals surface area (Å²) < 4.78 is 6.80. The van der Waals surface area contributed by atoms with Crippen LogP contribution in [-0.4, -0.2) is 15.7 Å². The summed E-state index contributed by atoms with van der Waals surface area (Å²) in [7, 11) is 0. The molecule has 0 saturated carbocycles. The summed E-state index contributed by atoms with van der Waals surface area (Å²) in [6.07, 6.45) is 3.80. The van der Waals surface area contributed by atoms with Crippen molar-refractivity contribution >= 4 is 35.1 Å². The van der Waals surface area contributed by atoms with Gasteiger partial charge in [-0.25, -0.2) is 4.98 Å². The Kier molecular flexibility index (Phi) is 2.61. The lowest BCUT2D eigenvalue weighted by Gasteiger charge is -1.98. The van der Waals surface area contributed by atoms with Crippen LogP contribution in [0.15, 0.2) is 35.1 Å². The van der Waals surface area contributed by atoms with Crippen molar-refractivity contribution in [2.75, 3.05) is 0 Å². The molecule has 0 amide bonds. The average molecular weight is 281 g/mol. The molecule has 0 aliphatic carbocycles. The number of imidazole rings is 1.